The number of hydrogen-bond acceptors (Lipinski definition) is 6. The topological polar surface area (TPSA) is 71.1 Å². The van der Waals surface area contributed by atoms with Crippen molar-refractivity contribution in [3.8, 4) is 11.5 Å². The Labute approximate surface area is 145 Å². The number of ether oxygens (including phenoxy) is 4. The average molecular weight is 342 g/mol. The highest BCUT2D eigenvalue weighted by Gasteiger charge is 2.27. The Morgan fingerprint density at radius 1 is 1.00 bits per heavy atom. The zero-order valence-electron chi connectivity index (χ0n) is 13.8. The van der Waals surface area contributed by atoms with E-state index in [1.54, 1.807) is 42.5 Å². The first kappa shape index (κ1) is 16.8. The van der Waals surface area contributed by atoms with Gasteiger partial charge in [0.2, 0.25) is 6.10 Å². The Morgan fingerprint density at radius 3 is 2.44 bits per heavy atom. The molecule has 1 aliphatic heterocycles. The number of methoxy groups -OCH3 is 1. The molecule has 0 bridgehead atoms. The molecule has 130 valence electrons. The van der Waals surface area contributed by atoms with Crippen LogP contribution in [0, 0.1) is 0 Å². The van der Waals surface area contributed by atoms with Crippen molar-refractivity contribution >= 4 is 11.9 Å². The molecule has 25 heavy (non-hydrogen) atoms. The summed E-state index contributed by atoms with van der Waals surface area (Å²) < 4.78 is 21.2. The molecule has 3 rings (SSSR count). The van der Waals surface area contributed by atoms with E-state index in [9.17, 15) is 9.59 Å². The van der Waals surface area contributed by atoms with Crippen LogP contribution in [0.3, 0.4) is 0 Å². The highest BCUT2D eigenvalue weighted by molar-refractivity contribution is 5.92. The fourth-order valence-electron chi connectivity index (χ4n) is 2.45. The van der Waals surface area contributed by atoms with E-state index in [0.717, 1.165) is 6.42 Å². The molecule has 1 atom stereocenters. The van der Waals surface area contributed by atoms with Crippen LogP contribution < -0.4 is 9.47 Å². The van der Waals surface area contributed by atoms with E-state index < -0.39 is 18.0 Å². The van der Waals surface area contributed by atoms with Gasteiger partial charge in [0.25, 0.3) is 0 Å². The molecule has 0 aromatic heterocycles. The van der Waals surface area contributed by atoms with Gasteiger partial charge >= 0.3 is 11.9 Å². The Bertz CT molecular complexity index is 756. The Balaban J connectivity index is 1.82. The van der Waals surface area contributed by atoms with Crippen molar-refractivity contribution in [2.45, 2.75) is 12.5 Å². The van der Waals surface area contributed by atoms with E-state index >= 15 is 0 Å². The van der Waals surface area contributed by atoms with Crippen molar-refractivity contribution in [2.75, 3.05) is 20.3 Å². The highest BCUT2D eigenvalue weighted by atomic mass is 16.6. The second-order valence-electron chi connectivity index (χ2n) is 5.43. The maximum atomic E-state index is 12.5. The minimum absolute atomic E-state index is 0.272. The first-order chi connectivity index (χ1) is 12.2. The van der Waals surface area contributed by atoms with Crippen molar-refractivity contribution < 1.29 is 28.5 Å². The van der Waals surface area contributed by atoms with Crippen molar-refractivity contribution in [2.24, 2.45) is 0 Å². The van der Waals surface area contributed by atoms with Crippen LogP contribution >= 0.6 is 0 Å². The Hall–Kier alpha value is -3.02. The van der Waals surface area contributed by atoms with Gasteiger partial charge in [-0.25, -0.2) is 9.59 Å². The summed E-state index contributed by atoms with van der Waals surface area (Å²) in [4.78, 5) is 24.5. The zero-order chi connectivity index (χ0) is 17.6. The molecular weight excluding hydrogens is 324 g/mol. The lowest BCUT2D eigenvalue weighted by Crippen LogP contribution is -2.21. The summed E-state index contributed by atoms with van der Waals surface area (Å²) >= 11 is 0. The van der Waals surface area contributed by atoms with Crippen LogP contribution in [0.15, 0.2) is 48.5 Å². The molecule has 0 radical (unpaired) electrons. The number of esters is 2. The second-order valence-corrected chi connectivity index (χ2v) is 5.43. The number of fused-ring (bicyclic) bond motifs is 1. The smallest absolute Gasteiger partial charge is 0.351 e. The predicted molar refractivity (Wildman–Crippen MR) is 88.7 cm³/mol. The molecule has 0 saturated carbocycles. The van der Waals surface area contributed by atoms with Gasteiger partial charge < -0.3 is 18.9 Å². The molecule has 0 spiro atoms. The molecule has 0 N–H and O–H groups in total. The van der Waals surface area contributed by atoms with Crippen molar-refractivity contribution in [3.63, 3.8) is 0 Å². The van der Waals surface area contributed by atoms with Crippen LogP contribution in [0.1, 0.15) is 28.4 Å². The van der Waals surface area contributed by atoms with Crippen LogP contribution in [-0.4, -0.2) is 32.3 Å². The third kappa shape index (κ3) is 3.91. The summed E-state index contributed by atoms with van der Waals surface area (Å²) in [6.45, 7) is 1.08. The van der Waals surface area contributed by atoms with Gasteiger partial charge in [0.1, 0.15) is 0 Å². The summed E-state index contributed by atoms with van der Waals surface area (Å²) in [6.07, 6.45) is -0.359. The monoisotopic (exact) mass is 342 g/mol. The third-order valence-corrected chi connectivity index (χ3v) is 3.73. The molecular formula is C19H18O6. The number of carbonyl (C=O) groups excluding carboxylic acids is 2. The first-order valence-corrected chi connectivity index (χ1v) is 7.92. The number of hydrogen-bond donors (Lipinski definition) is 0. The lowest BCUT2D eigenvalue weighted by molar-refractivity contribution is -0.151. The maximum Gasteiger partial charge on any atom is 0.351 e. The lowest BCUT2D eigenvalue weighted by Gasteiger charge is -2.16. The van der Waals surface area contributed by atoms with Crippen LogP contribution in [-0.2, 0) is 14.3 Å². The minimum Gasteiger partial charge on any atom is -0.490 e. The van der Waals surface area contributed by atoms with Gasteiger partial charge in [0.15, 0.2) is 11.5 Å². The molecule has 0 aliphatic carbocycles. The molecule has 0 saturated heterocycles. The Kier molecular flexibility index (Phi) is 5.18. The zero-order valence-corrected chi connectivity index (χ0v) is 13.8. The van der Waals surface area contributed by atoms with E-state index in [1.165, 1.54) is 7.11 Å². The average Bonchev–Trinajstić information content (AvgIpc) is 2.90. The van der Waals surface area contributed by atoms with Crippen molar-refractivity contribution in [1.82, 2.24) is 0 Å². The standard InChI is InChI=1S/C19H18O6/c1-22-19(21)17(13-6-3-2-4-7-13)25-18(20)14-8-9-15-16(12-14)24-11-5-10-23-15/h2-4,6-9,12,17H,5,10-11H2,1H3. The van der Waals surface area contributed by atoms with Gasteiger partial charge in [-0.3, -0.25) is 0 Å². The number of carbonyl (C=O) groups is 2. The molecule has 1 heterocycles. The van der Waals surface area contributed by atoms with E-state index in [0.29, 0.717) is 30.3 Å². The first-order valence-electron chi connectivity index (χ1n) is 7.92. The van der Waals surface area contributed by atoms with Gasteiger partial charge in [-0.2, -0.15) is 0 Å². The van der Waals surface area contributed by atoms with Gasteiger partial charge in [0.05, 0.1) is 25.9 Å². The molecule has 0 amide bonds. The maximum absolute atomic E-state index is 12.5. The largest absolute Gasteiger partial charge is 0.490 e. The molecule has 6 nitrogen and oxygen atoms in total. The SMILES string of the molecule is COC(=O)C(OC(=O)c1ccc2c(c1)OCCCO2)c1ccccc1. The number of benzene rings is 2. The molecule has 2 aromatic carbocycles. The molecule has 2 aromatic rings. The fourth-order valence-corrected chi connectivity index (χ4v) is 2.45. The molecule has 6 heteroatoms. The van der Waals surface area contributed by atoms with Crippen LogP contribution in [0.5, 0.6) is 11.5 Å². The van der Waals surface area contributed by atoms with Crippen LogP contribution in [0.25, 0.3) is 0 Å². The quantitative estimate of drug-likeness (QED) is 0.796. The molecule has 0 fully saturated rings. The minimum atomic E-state index is -1.13. The van der Waals surface area contributed by atoms with Crippen LogP contribution in [0.2, 0.25) is 0 Å². The highest BCUT2D eigenvalue weighted by Crippen LogP contribution is 2.31. The fraction of sp³-hybridized carbons (Fsp3) is 0.263. The summed E-state index contributed by atoms with van der Waals surface area (Å²) in [5, 5.41) is 0. The number of rotatable bonds is 4. The molecule has 1 unspecified atom stereocenters. The molecule has 1 aliphatic rings. The van der Waals surface area contributed by atoms with Gasteiger partial charge in [0, 0.05) is 12.0 Å². The third-order valence-electron chi connectivity index (χ3n) is 3.73. The van der Waals surface area contributed by atoms with Gasteiger partial charge in [-0.05, 0) is 18.2 Å². The van der Waals surface area contributed by atoms with Gasteiger partial charge in [-0.1, -0.05) is 30.3 Å². The summed E-state index contributed by atoms with van der Waals surface area (Å²) in [6, 6.07) is 13.5. The second kappa shape index (κ2) is 7.70. The van der Waals surface area contributed by atoms with E-state index in [2.05, 4.69) is 0 Å². The van der Waals surface area contributed by atoms with E-state index in [-0.39, 0.29) is 5.56 Å². The van der Waals surface area contributed by atoms with Crippen molar-refractivity contribution in [3.05, 3.63) is 59.7 Å². The van der Waals surface area contributed by atoms with Crippen molar-refractivity contribution in [1.29, 1.82) is 0 Å². The summed E-state index contributed by atoms with van der Waals surface area (Å²) in [5.41, 5.74) is 0.811. The lowest BCUT2D eigenvalue weighted by atomic mass is 10.1. The summed E-state index contributed by atoms with van der Waals surface area (Å²) in [5.74, 6) is -0.216. The van der Waals surface area contributed by atoms with Crippen LogP contribution in [0.4, 0.5) is 0 Å². The van der Waals surface area contributed by atoms with Gasteiger partial charge in [-0.15, -0.1) is 0 Å². The van der Waals surface area contributed by atoms with E-state index in [4.69, 9.17) is 18.9 Å². The Morgan fingerprint density at radius 2 is 1.72 bits per heavy atom. The predicted octanol–water partition coefficient (Wildman–Crippen LogP) is 2.92. The van der Waals surface area contributed by atoms with E-state index in [1.807, 2.05) is 6.07 Å². The summed E-state index contributed by atoms with van der Waals surface area (Å²) in [7, 11) is 1.25. The normalized spacial score (nSPS) is 14.1.